The minimum atomic E-state index is -0.636. The van der Waals surface area contributed by atoms with Gasteiger partial charge in [0.25, 0.3) is 0 Å². The molecule has 2 nitrogen and oxygen atoms in total. The van der Waals surface area contributed by atoms with E-state index in [4.69, 9.17) is 5.11 Å². The molecule has 2 atom stereocenters. The second-order valence-corrected chi connectivity index (χ2v) is 6.09. The van der Waals surface area contributed by atoms with Crippen LogP contribution in [0.15, 0.2) is 12.2 Å². The van der Waals surface area contributed by atoms with E-state index in [1.54, 1.807) is 0 Å². The van der Waals surface area contributed by atoms with Crippen LogP contribution in [-0.4, -0.2) is 27.2 Å². The van der Waals surface area contributed by atoms with Crippen LogP contribution in [0.25, 0.3) is 0 Å². The molecular formula is C9H12O2S2. The van der Waals surface area contributed by atoms with Crippen molar-refractivity contribution in [2.24, 2.45) is 11.8 Å². The summed E-state index contributed by atoms with van der Waals surface area (Å²) >= 11 is 3.82. The molecule has 1 N–H and O–H groups in total. The minimum absolute atomic E-state index is 0.164. The van der Waals surface area contributed by atoms with E-state index in [1.807, 2.05) is 29.6 Å². The van der Waals surface area contributed by atoms with E-state index in [-0.39, 0.29) is 11.8 Å². The summed E-state index contributed by atoms with van der Waals surface area (Å²) in [4.78, 5) is 10.9. The lowest BCUT2D eigenvalue weighted by molar-refractivity contribution is -0.142. The summed E-state index contributed by atoms with van der Waals surface area (Å²) in [7, 11) is 0. The van der Waals surface area contributed by atoms with Crippen LogP contribution >= 0.6 is 23.5 Å². The van der Waals surface area contributed by atoms with Crippen LogP contribution in [-0.2, 0) is 4.79 Å². The Bertz CT molecular complexity index is 234. The highest BCUT2D eigenvalue weighted by atomic mass is 32.2. The zero-order chi connectivity index (χ0) is 9.26. The zero-order valence-corrected chi connectivity index (χ0v) is 8.81. The third-order valence-corrected chi connectivity index (χ3v) is 5.73. The summed E-state index contributed by atoms with van der Waals surface area (Å²) in [5.41, 5.74) is 0. The average molecular weight is 216 g/mol. The molecule has 1 aliphatic heterocycles. The molecule has 0 aromatic rings. The first kappa shape index (κ1) is 9.46. The topological polar surface area (TPSA) is 37.3 Å². The Hall–Kier alpha value is -0.0900. The summed E-state index contributed by atoms with van der Waals surface area (Å²) < 4.78 is 0.486. The first-order chi connectivity index (χ1) is 6.29. The molecule has 0 bridgehead atoms. The van der Waals surface area contributed by atoms with E-state index in [0.29, 0.717) is 4.58 Å². The molecule has 1 saturated heterocycles. The van der Waals surface area contributed by atoms with Crippen LogP contribution in [0.1, 0.15) is 6.42 Å². The van der Waals surface area contributed by atoms with Crippen LogP contribution < -0.4 is 0 Å². The summed E-state index contributed by atoms with van der Waals surface area (Å²) in [5, 5.41) is 8.99. The number of carboxylic acid groups (broad SMARTS) is 1. The second-order valence-electron chi connectivity index (χ2n) is 3.30. The predicted molar refractivity (Wildman–Crippen MR) is 57.1 cm³/mol. The molecule has 4 heteroatoms. The number of aliphatic carboxylic acids is 1. The van der Waals surface area contributed by atoms with Crippen LogP contribution in [0.4, 0.5) is 0 Å². The maximum atomic E-state index is 10.9. The standard InChI is InChI=1S/C9H12O2S2/c10-8(11)6-2-1-3-7(6)9-12-4-5-13-9/h1,3,6-7,9H,2,4-5H2,(H,10,11). The molecule has 0 aromatic heterocycles. The van der Waals surface area contributed by atoms with E-state index in [1.165, 1.54) is 11.5 Å². The van der Waals surface area contributed by atoms with Gasteiger partial charge in [0, 0.05) is 17.4 Å². The van der Waals surface area contributed by atoms with Crippen molar-refractivity contribution in [3.8, 4) is 0 Å². The quantitative estimate of drug-likeness (QED) is 0.717. The lowest BCUT2D eigenvalue weighted by Gasteiger charge is -2.20. The Balaban J connectivity index is 2.03. The van der Waals surface area contributed by atoms with E-state index in [9.17, 15) is 4.79 Å². The average Bonchev–Trinajstić information content (AvgIpc) is 2.74. The second kappa shape index (κ2) is 3.96. The van der Waals surface area contributed by atoms with Gasteiger partial charge in [0.05, 0.1) is 10.5 Å². The third kappa shape index (κ3) is 1.89. The molecule has 2 unspecified atom stereocenters. The number of carbonyl (C=O) groups is 1. The highest BCUT2D eigenvalue weighted by molar-refractivity contribution is 8.20. The molecule has 13 heavy (non-hydrogen) atoms. The summed E-state index contributed by atoms with van der Waals surface area (Å²) in [6, 6.07) is 0. The molecule has 1 fully saturated rings. The normalized spacial score (nSPS) is 34.2. The largest absolute Gasteiger partial charge is 0.481 e. The van der Waals surface area contributed by atoms with Crippen molar-refractivity contribution in [1.29, 1.82) is 0 Å². The Morgan fingerprint density at radius 2 is 2.08 bits per heavy atom. The summed E-state index contributed by atoms with van der Waals surface area (Å²) in [6.45, 7) is 0. The SMILES string of the molecule is O=C(O)C1CC=CC1C1SCCS1. The number of rotatable bonds is 2. The monoisotopic (exact) mass is 216 g/mol. The molecule has 0 saturated carbocycles. The number of carboxylic acids is 1. The maximum absolute atomic E-state index is 10.9. The van der Waals surface area contributed by atoms with Crippen molar-refractivity contribution >= 4 is 29.5 Å². The van der Waals surface area contributed by atoms with Gasteiger partial charge in [-0.1, -0.05) is 12.2 Å². The number of allylic oxidation sites excluding steroid dienone is 2. The Labute approximate surface area is 86.2 Å². The van der Waals surface area contributed by atoms with Crippen LogP contribution in [0, 0.1) is 11.8 Å². The lowest BCUT2D eigenvalue weighted by Crippen LogP contribution is -2.24. The van der Waals surface area contributed by atoms with Gasteiger partial charge in [0.2, 0.25) is 0 Å². The molecular weight excluding hydrogens is 204 g/mol. The Kier molecular flexibility index (Phi) is 2.89. The Morgan fingerprint density at radius 1 is 1.38 bits per heavy atom. The maximum Gasteiger partial charge on any atom is 0.307 e. The van der Waals surface area contributed by atoms with Gasteiger partial charge in [-0.25, -0.2) is 0 Å². The molecule has 2 aliphatic rings. The fraction of sp³-hybridized carbons (Fsp3) is 0.667. The number of hydrogen-bond acceptors (Lipinski definition) is 3. The van der Waals surface area contributed by atoms with Gasteiger partial charge in [-0.05, 0) is 6.42 Å². The first-order valence-corrected chi connectivity index (χ1v) is 6.51. The molecule has 0 spiro atoms. The summed E-state index contributed by atoms with van der Waals surface area (Å²) in [6.07, 6.45) is 4.83. The highest BCUT2D eigenvalue weighted by Crippen LogP contribution is 2.43. The van der Waals surface area contributed by atoms with Gasteiger partial charge in [0.15, 0.2) is 0 Å². The van der Waals surface area contributed by atoms with E-state index >= 15 is 0 Å². The van der Waals surface area contributed by atoms with Crippen LogP contribution in [0.5, 0.6) is 0 Å². The molecule has 2 rings (SSSR count). The Morgan fingerprint density at radius 3 is 2.69 bits per heavy atom. The smallest absolute Gasteiger partial charge is 0.307 e. The minimum Gasteiger partial charge on any atom is -0.481 e. The van der Waals surface area contributed by atoms with E-state index in [0.717, 1.165) is 6.42 Å². The summed E-state index contributed by atoms with van der Waals surface area (Å²) in [5.74, 6) is 1.80. The molecule has 1 heterocycles. The van der Waals surface area contributed by atoms with Crippen LogP contribution in [0.2, 0.25) is 0 Å². The fourth-order valence-corrected chi connectivity index (χ4v) is 5.02. The van der Waals surface area contributed by atoms with Gasteiger partial charge >= 0.3 is 5.97 Å². The lowest BCUT2D eigenvalue weighted by atomic mass is 9.97. The molecule has 0 aromatic carbocycles. The molecule has 72 valence electrons. The van der Waals surface area contributed by atoms with Crippen molar-refractivity contribution in [3.05, 3.63) is 12.2 Å². The van der Waals surface area contributed by atoms with Crippen molar-refractivity contribution in [3.63, 3.8) is 0 Å². The third-order valence-electron chi connectivity index (χ3n) is 2.49. The van der Waals surface area contributed by atoms with Gasteiger partial charge < -0.3 is 5.11 Å². The number of hydrogen-bond donors (Lipinski definition) is 1. The van der Waals surface area contributed by atoms with E-state index < -0.39 is 5.97 Å². The predicted octanol–water partition coefficient (Wildman–Crippen LogP) is 2.07. The van der Waals surface area contributed by atoms with Crippen molar-refractivity contribution in [2.45, 2.75) is 11.0 Å². The highest BCUT2D eigenvalue weighted by Gasteiger charge is 2.36. The van der Waals surface area contributed by atoms with Crippen molar-refractivity contribution in [1.82, 2.24) is 0 Å². The van der Waals surface area contributed by atoms with E-state index in [2.05, 4.69) is 6.08 Å². The van der Waals surface area contributed by atoms with Gasteiger partial charge in [-0.15, -0.1) is 23.5 Å². The van der Waals surface area contributed by atoms with Gasteiger partial charge in [0.1, 0.15) is 0 Å². The molecule has 1 aliphatic carbocycles. The molecule has 0 amide bonds. The number of thioether (sulfide) groups is 2. The van der Waals surface area contributed by atoms with Gasteiger partial charge in [-0.2, -0.15) is 0 Å². The van der Waals surface area contributed by atoms with Crippen LogP contribution in [0.3, 0.4) is 0 Å². The zero-order valence-electron chi connectivity index (χ0n) is 7.18. The van der Waals surface area contributed by atoms with Crippen molar-refractivity contribution < 1.29 is 9.90 Å². The fourth-order valence-electron chi connectivity index (χ4n) is 1.82. The first-order valence-electron chi connectivity index (χ1n) is 4.41. The van der Waals surface area contributed by atoms with Gasteiger partial charge in [-0.3, -0.25) is 4.79 Å². The molecule has 0 radical (unpaired) electrons. The van der Waals surface area contributed by atoms with Crippen molar-refractivity contribution in [2.75, 3.05) is 11.5 Å².